The summed E-state index contributed by atoms with van der Waals surface area (Å²) in [6.07, 6.45) is -1.15. The number of halogens is 1. The lowest BCUT2D eigenvalue weighted by Gasteiger charge is -2.01. The summed E-state index contributed by atoms with van der Waals surface area (Å²) in [7, 11) is 0. The second-order valence-electron chi connectivity index (χ2n) is 2.24. The first kappa shape index (κ1) is 9.55. The van der Waals surface area contributed by atoms with E-state index in [0.29, 0.717) is 15.7 Å². The molecule has 0 aromatic heterocycles. The molecule has 4 nitrogen and oxygen atoms in total. The van der Waals surface area contributed by atoms with Crippen molar-refractivity contribution in [2.24, 2.45) is 0 Å². The van der Waals surface area contributed by atoms with Gasteiger partial charge in [0.05, 0.1) is 5.56 Å². The van der Waals surface area contributed by atoms with E-state index in [0.717, 1.165) is 0 Å². The molecule has 1 aromatic rings. The molecule has 0 atom stereocenters. The van der Waals surface area contributed by atoms with E-state index in [-0.39, 0.29) is 0 Å². The lowest BCUT2D eigenvalue weighted by atomic mass is 10.2. The molecule has 0 spiro atoms. The third-order valence-electron chi connectivity index (χ3n) is 1.34. The number of carbonyl (C=O) groups is 1. The fraction of sp³-hybridized carbons (Fsp3) is 0. The Morgan fingerprint density at radius 1 is 1.62 bits per heavy atom. The molecule has 0 saturated carbocycles. The van der Waals surface area contributed by atoms with Crippen LogP contribution in [-0.2, 0) is 0 Å². The second-order valence-corrected chi connectivity index (χ2v) is 3.09. The highest BCUT2D eigenvalue weighted by molar-refractivity contribution is 9.10. The molecule has 0 aliphatic carbocycles. The molecule has 0 fully saturated rings. The van der Waals surface area contributed by atoms with Gasteiger partial charge in [0.1, 0.15) is 6.07 Å². The van der Waals surface area contributed by atoms with Crippen molar-refractivity contribution in [2.75, 3.05) is 5.32 Å². The van der Waals surface area contributed by atoms with E-state index in [9.17, 15) is 4.79 Å². The number of hydrogen-bond acceptors (Lipinski definition) is 2. The Labute approximate surface area is 82.9 Å². The lowest BCUT2D eigenvalue weighted by molar-refractivity contribution is 0.210. The molecule has 1 amide bonds. The van der Waals surface area contributed by atoms with Crippen LogP contribution in [0.15, 0.2) is 22.7 Å². The zero-order valence-electron chi connectivity index (χ0n) is 6.41. The maximum Gasteiger partial charge on any atom is 0.409 e. The number of nitrogens with one attached hydrogen (secondary N) is 1. The largest absolute Gasteiger partial charge is 0.465 e. The molecule has 1 rings (SSSR count). The monoisotopic (exact) mass is 240 g/mol. The molecule has 13 heavy (non-hydrogen) atoms. The van der Waals surface area contributed by atoms with Gasteiger partial charge in [0, 0.05) is 10.2 Å². The first-order chi connectivity index (χ1) is 6.13. The third kappa shape index (κ3) is 2.46. The molecule has 1 aromatic carbocycles. The molecule has 0 radical (unpaired) electrons. The number of hydrogen-bond donors (Lipinski definition) is 2. The number of amides is 1. The standard InChI is InChI=1S/C8H5BrN2O2/c9-7-2-1-6(11-8(12)13)3-5(7)4-10/h1-3,11H,(H,12,13). The smallest absolute Gasteiger partial charge is 0.409 e. The first-order valence-corrected chi connectivity index (χ1v) is 4.12. The van der Waals surface area contributed by atoms with Gasteiger partial charge in [-0.05, 0) is 34.1 Å². The maximum atomic E-state index is 10.2. The summed E-state index contributed by atoms with van der Waals surface area (Å²) in [5.74, 6) is 0. The van der Waals surface area contributed by atoms with E-state index in [1.54, 1.807) is 12.1 Å². The van der Waals surface area contributed by atoms with Crippen LogP contribution in [0, 0.1) is 11.3 Å². The van der Waals surface area contributed by atoms with Crippen LogP contribution in [0.4, 0.5) is 10.5 Å². The molecule has 0 bridgehead atoms. The molecule has 0 saturated heterocycles. The van der Waals surface area contributed by atoms with Gasteiger partial charge < -0.3 is 5.11 Å². The summed E-state index contributed by atoms with van der Waals surface area (Å²) in [5.41, 5.74) is 0.776. The quantitative estimate of drug-likeness (QED) is 0.792. The molecule has 2 N–H and O–H groups in total. The predicted molar refractivity (Wildman–Crippen MR) is 50.5 cm³/mol. The molecule has 0 aliphatic heterocycles. The van der Waals surface area contributed by atoms with Crippen LogP contribution in [0.2, 0.25) is 0 Å². The van der Waals surface area contributed by atoms with Crippen LogP contribution in [-0.4, -0.2) is 11.2 Å². The van der Waals surface area contributed by atoms with E-state index < -0.39 is 6.09 Å². The van der Waals surface area contributed by atoms with Gasteiger partial charge >= 0.3 is 6.09 Å². The fourth-order valence-corrected chi connectivity index (χ4v) is 1.15. The van der Waals surface area contributed by atoms with E-state index >= 15 is 0 Å². The number of anilines is 1. The number of rotatable bonds is 1. The Bertz CT molecular complexity index is 384. The van der Waals surface area contributed by atoms with E-state index in [2.05, 4.69) is 21.2 Å². The van der Waals surface area contributed by atoms with E-state index in [4.69, 9.17) is 10.4 Å². The highest BCUT2D eigenvalue weighted by Gasteiger charge is 2.02. The Balaban J connectivity index is 3.01. The van der Waals surface area contributed by atoms with Crippen molar-refractivity contribution in [1.29, 1.82) is 5.26 Å². The Hall–Kier alpha value is -1.54. The minimum absolute atomic E-state index is 0.382. The van der Waals surface area contributed by atoms with E-state index in [1.165, 1.54) is 6.07 Å². The highest BCUT2D eigenvalue weighted by Crippen LogP contribution is 2.19. The zero-order valence-corrected chi connectivity index (χ0v) is 8.00. The maximum absolute atomic E-state index is 10.2. The van der Waals surface area contributed by atoms with Crippen molar-refractivity contribution in [3.8, 4) is 6.07 Å². The van der Waals surface area contributed by atoms with Gasteiger partial charge in [-0.3, -0.25) is 5.32 Å². The summed E-state index contributed by atoms with van der Waals surface area (Å²) in [4.78, 5) is 10.2. The van der Waals surface area contributed by atoms with Gasteiger partial charge in [-0.2, -0.15) is 5.26 Å². The average molecular weight is 241 g/mol. The summed E-state index contributed by atoms with van der Waals surface area (Å²) in [5, 5.41) is 19.2. The highest BCUT2D eigenvalue weighted by atomic mass is 79.9. The molecular formula is C8H5BrN2O2. The first-order valence-electron chi connectivity index (χ1n) is 3.33. The van der Waals surface area contributed by atoms with Crippen LogP contribution in [0.5, 0.6) is 0 Å². The van der Waals surface area contributed by atoms with Gasteiger partial charge in [-0.1, -0.05) is 0 Å². The SMILES string of the molecule is N#Cc1cc(NC(=O)O)ccc1Br. The summed E-state index contributed by atoms with van der Waals surface area (Å²) in [6, 6.07) is 6.57. The van der Waals surface area contributed by atoms with Crippen molar-refractivity contribution >= 4 is 27.7 Å². The number of carboxylic acid groups (broad SMARTS) is 1. The summed E-state index contributed by atoms with van der Waals surface area (Å²) < 4.78 is 0.644. The molecular weight excluding hydrogens is 236 g/mol. The van der Waals surface area contributed by atoms with Crippen molar-refractivity contribution in [2.45, 2.75) is 0 Å². The second kappa shape index (κ2) is 3.92. The summed E-state index contributed by atoms with van der Waals surface area (Å²) in [6.45, 7) is 0. The van der Waals surface area contributed by atoms with Gasteiger partial charge in [0.25, 0.3) is 0 Å². The molecule has 0 unspecified atom stereocenters. The van der Waals surface area contributed by atoms with Gasteiger partial charge in [0.2, 0.25) is 0 Å². The van der Waals surface area contributed by atoms with E-state index in [1.807, 2.05) is 6.07 Å². The van der Waals surface area contributed by atoms with Crippen molar-refractivity contribution in [3.63, 3.8) is 0 Å². The molecule has 66 valence electrons. The van der Waals surface area contributed by atoms with Crippen LogP contribution < -0.4 is 5.32 Å². The van der Waals surface area contributed by atoms with Crippen LogP contribution in [0.25, 0.3) is 0 Å². The van der Waals surface area contributed by atoms with Crippen molar-refractivity contribution < 1.29 is 9.90 Å². The fourth-order valence-electron chi connectivity index (χ4n) is 0.812. The van der Waals surface area contributed by atoms with Gasteiger partial charge in [-0.15, -0.1) is 0 Å². The molecule has 5 heteroatoms. The molecule has 0 aliphatic rings. The topological polar surface area (TPSA) is 73.1 Å². The van der Waals surface area contributed by atoms with Crippen molar-refractivity contribution in [1.82, 2.24) is 0 Å². The molecule has 0 heterocycles. The Kier molecular flexibility index (Phi) is 2.88. The number of nitrogens with zero attached hydrogens (tertiary/aromatic N) is 1. The minimum Gasteiger partial charge on any atom is -0.465 e. The van der Waals surface area contributed by atoms with Crippen LogP contribution in [0.3, 0.4) is 0 Å². The Morgan fingerprint density at radius 3 is 2.85 bits per heavy atom. The third-order valence-corrected chi connectivity index (χ3v) is 2.03. The Morgan fingerprint density at radius 2 is 2.31 bits per heavy atom. The van der Waals surface area contributed by atoms with Gasteiger partial charge in [-0.25, -0.2) is 4.79 Å². The average Bonchev–Trinajstić information content (AvgIpc) is 2.07. The lowest BCUT2D eigenvalue weighted by Crippen LogP contribution is -2.07. The van der Waals surface area contributed by atoms with Gasteiger partial charge in [0.15, 0.2) is 0 Å². The van der Waals surface area contributed by atoms with Crippen LogP contribution in [0.1, 0.15) is 5.56 Å². The number of benzene rings is 1. The van der Waals surface area contributed by atoms with Crippen molar-refractivity contribution in [3.05, 3.63) is 28.2 Å². The van der Waals surface area contributed by atoms with Crippen LogP contribution >= 0.6 is 15.9 Å². The summed E-state index contributed by atoms with van der Waals surface area (Å²) >= 11 is 3.16. The zero-order chi connectivity index (χ0) is 9.84. The predicted octanol–water partition coefficient (Wildman–Crippen LogP) is 2.41. The normalized spacial score (nSPS) is 8.92. The number of nitriles is 1. The minimum atomic E-state index is -1.15.